The van der Waals surface area contributed by atoms with Gasteiger partial charge < -0.3 is 34.1 Å². The number of halogens is 3. The molecule has 260 valence electrons. The minimum absolute atomic E-state index is 0.0275. The van der Waals surface area contributed by atoms with Crippen molar-refractivity contribution in [1.82, 2.24) is 9.80 Å². The molecule has 0 aliphatic carbocycles. The summed E-state index contributed by atoms with van der Waals surface area (Å²) in [5.41, 5.74) is 3.71. The van der Waals surface area contributed by atoms with Crippen LogP contribution in [0.5, 0.6) is 23.0 Å². The van der Waals surface area contributed by atoms with Gasteiger partial charge in [0.25, 0.3) is 11.8 Å². The van der Waals surface area contributed by atoms with Gasteiger partial charge in [-0.3, -0.25) is 14.4 Å². The van der Waals surface area contributed by atoms with Crippen LogP contribution < -0.4 is 24.3 Å². The predicted molar refractivity (Wildman–Crippen MR) is 198 cm³/mol. The van der Waals surface area contributed by atoms with Gasteiger partial charge in [0, 0.05) is 32.2 Å². The van der Waals surface area contributed by atoms with Gasteiger partial charge in [0.1, 0.15) is 34.7 Å². The van der Waals surface area contributed by atoms with Crippen LogP contribution in [-0.2, 0) is 17.9 Å². The summed E-state index contributed by atoms with van der Waals surface area (Å²) in [4.78, 5) is 45.5. The molecule has 11 nitrogen and oxygen atoms in total. The molecule has 6 rings (SSSR count). The van der Waals surface area contributed by atoms with Gasteiger partial charge in [0.05, 0.1) is 70.6 Å². The summed E-state index contributed by atoms with van der Waals surface area (Å²) in [5, 5.41) is 3.13. The van der Waals surface area contributed by atoms with Crippen molar-refractivity contribution in [3.05, 3.63) is 104 Å². The van der Waals surface area contributed by atoms with Crippen LogP contribution in [0, 0.1) is 0 Å². The molecule has 3 amide bonds. The smallest absolute Gasteiger partial charge is 0.256 e. The number of benzene rings is 4. The lowest BCUT2D eigenvalue weighted by atomic mass is 10.1. The third-order valence-corrected chi connectivity index (χ3v) is 9.05. The highest BCUT2D eigenvalue weighted by molar-refractivity contribution is 9.10. The third-order valence-electron chi connectivity index (χ3n) is 7.86. The van der Waals surface area contributed by atoms with E-state index in [1.54, 1.807) is 81.9 Å². The molecule has 0 unspecified atom stereocenters. The minimum atomic E-state index is -0.234. The molecule has 0 atom stereocenters. The summed E-state index contributed by atoms with van der Waals surface area (Å²) >= 11 is 13.0. The van der Waals surface area contributed by atoms with Crippen molar-refractivity contribution in [2.75, 3.05) is 46.8 Å². The van der Waals surface area contributed by atoms with E-state index in [2.05, 4.69) is 42.2 Å². The van der Waals surface area contributed by atoms with Crippen LogP contribution in [0.2, 0.25) is 0 Å². The van der Waals surface area contributed by atoms with Crippen LogP contribution in [0.4, 0.5) is 11.4 Å². The molecule has 0 saturated carbocycles. The quantitative estimate of drug-likeness (QED) is 0.196. The zero-order chi connectivity index (χ0) is 35.9. The molecule has 0 spiro atoms. The second kappa shape index (κ2) is 16.4. The Hall–Kier alpha value is -4.59. The van der Waals surface area contributed by atoms with Gasteiger partial charge in [0.2, 0.25) is 5.91 Å². The maximum Gasteiger partial charge on any atom is 0.256 e. The SMILES string of the molecule is COc1ccc(CN2CC(=O)Nc3ccc(Br)cc3C2=O)c(OC)c1.COc1ccc(CN2CC(Cl)=Nc3ccc(Br)cc3C2=O)c(OC)c1. The standard InChI is InChI=1S/C18H16BrClN2O3.C18H17BrN2O4/c1-24-13-5-3-11(16(8-13)25-2)9-22-10-17(20)21-15-6-4-12(19)7-14(15)18(22)23;1-24-13-5-3-11(16(8-13)25-2)9-21-10-17(22)20-15-6-4-12(19)7-14(15)18(21)23/h3-8H,9-10H2,1-2H3;3-8H,9-10H2,1-2H3,(H,20,22). The first-order chi connectivity index (χ1) is 24.0. The number of nitrogens with zero attached hydrogens (tertiary/aromatic N) is 3. The maximum absolute atomic E-state index is 13.0. The molecule has 0 radical (unpaired) electrons. The van der Waals surface area contributed by atoms with Crippen molar-refractivity contribution < 1.29 is 33.3 Å². The van der Waals surface area contributed by atoms with Crippen molar-refractivity contribution in [2.24, 2.45) is 4.99 Å². The number of hydrogen-bond acceptors (Lipinski definition) is 8. The Morgan fingerprint density at radius 1 is 0.680 bits per heavy atom. The number of aliphatic imine (C=N–C) groups is 1. The Morgan fingerprint density at radius 3 is 1.76 bits per heavy atom. The lowest BCUT2D eigenvalue weighted by Gasteiger charge is -2.22. The predicted octanol–water partition coefficient (Wildman–Crippen LogP) is 7.45. The number of carbonyl (C=O) groups is 3. The Bertz CT molecular complexity index is 1920. The fourth-order valence-corrected chi connectivity index (χ4v) is 6.34. The van der Waals surface area contributed by atoms with E-state index in [1.807, 2.05) is 24.3 Å². The fourth-order valence-electron chi connectivity index (χ4n) is 5.38. The number of fused-ring (bicyclic) bond motifs is 2. The van der Waals surface area contributed by atoms with Crippen molar-refractivity contribution in [3.8, 4) is 23.0 Å². The molecule has 1 N–H and O–H groups in total. The first kappa shape index (κ1) is 36.7. The van der Waals surface area contributed by atoms with E-state index in [0.29, 0.717) is 57.2 Å². The van der Waals surface area contributed by atoms with Crippen LogP contribution in [0.1, 0.15) is 31.8 Å². The van der Waals surface area contributed by atoms with Crippen molar-refractivity contribution in [3.63, 3.8) is 0 Å². The van der Waals surface area contributed by atoms with Crippen LogP contribution >= 0.6 is 43.5 Å². The second-order valence-corrected chi connectivity index (χ2v) is 13.3. The Labute approximate surface area is 311 Å². The highest BCUT2D eigenvalue weighted by atomic mass is 79.9. The topological polar surface area (TPSA) is 119 Å². The number of anilines is 1. The number of amides is 3. The summed E-state index contributed by atoms with van der Waals surface area (Å²) in [6.07, 6.45) is 0. The van der Waals surface area contributed by atoms with Gasteiger partial charge in [-0.15, -0.1) is 0 Å². The van der Waals surface area contributed by atoms with Gasteiger partial charge in [0.15, 0.2) is 0 Å². The van der Waals surface area contributed by atoms with Crippen LogP contribution in [-0.4, -0.2) is 74.2 Å². The van der Waals surface area contributed by atoms with Gasteiger partial charge in [-0.2, -0.15) is 0 Å². The Kier molecular flexibility index (Phi) is 12.0. The molecular formula is C36H33Br2ClN4O7. The van der Waals surface area contributed by atoms with Crippen molar-refractivity contribution in [1.29, 1.82) is 0 Å². The number of carbonyl (C=O) groups excluding carboxylic acids is 3. The van der Waals surface area contributed by atoms with Gasteiger partial charge in [-0.1, -0.05) is 43.5 Å². The second-order valence-electron chi connectivity index (χ2n) is 11.1. The molecule has 0 fully saturated rings. The van der Waals surface area contributed by atoms with E-state index in [9.17, 15) is 14.4 Å². The van der Waals surface area contributed by atoms with E-state index in [0.717, 1.165) is 20.1 Å². The normalized spacial score (nSPS) is 13.8. The Morgan fingerprint density at radius 2 is 1.20 bits per heavy atom. The van der Waals surface area contributed by atoms with E-state index >= 15 is 0 Å². The summed E-state index contributed by atoms with van der Waals surface area (Å²) in [5.74, 6) is 2.03. The lowest BCUT2D eigenvalue weighted by Crippen LogP contribution is -2.34. The molecule has 2 aliphatic heterocycles. The monoisotopic (exact) mass is 826 g/mol. The van der Waals surface area contributed by atoms with Gasteiger partial charge >= 0.3 is 0 Å². The molecule has 14 heteroatoms. The van der Waals surface area contributed by atoms with E-state index < -0.39 is 0 Å². The lowest BCUT2D eigenvalue weighted by molar-refractivity contribution is -0.116. The summed E-state index contributed by atoms with van der Waals surface area (Å²) in [6, 6.07) is 21.5. The summed E-state index contributed by atoms with van der Waals surface area (Å²) < 4.78 is 22.8. The molecule has 50 heavy (non-hydrogen) atoms. The fraction of sp³-hybridized carbons (Fsp3) is 0.222. The van der Waals surface area contributed by atoms with Crippen LogP contribution in [0.3, 0.4) is 0 Å². The largest absolute Gasteiger partial charge is 0.497 e. The number of methoxy groups -OCH3 is 4. The van der Waals surface area contributed by atoms with Crippen LogP contribution in [0.15, 0.2) is 86.7 Å². The zero-order valence-corrected chi connectivity index (χ0v) is 31.5. The highest BCUT2D eigenvalue weighted by Crippen LogP contribution is 2.32. The van der Waals surface area contributed by atoms with Crippen molar-refractivity contribution >= 4 is 77.7 Å². The number of rotatable bonds is 8. The first-order valence-corrected chi connectivity index (χ1v) is 17.1. The first-order valence-electron chi connectivity index (χ1n) is 15.2. The summed E-state index contributed by atoms with van der Waals surface area (Å²) in [7, 11) is 6.31. The molecule has 0 aromatic heterocycles. The minimum Gasteiger partial charge on any atom is -0.497 e. The van der Waals surface area contributed by atoms with Gasteiger partial charge in [-0.05, 0) is 60.7 Å². The zero-order valence-electron chi connectivity index (χ0n) is 27.6. The average molecular weight is 829 g/mol. The van der Waals surface area contributed by atoms with Crippen LogP contribution in [0.25, 0.3) is 0 Å². The maximum atomic E-state index is 13.0. The molecule has 2 heterocycles. The molecule has 4 aromatic rings. The van der Waals surface area contributed by atoms with E-state index in [-0.39, 0.29) is 37.4 Å². The van der Waals surface area contributed by atoms with E-state index in [4.69, 9.17) is 30.5 Å². The molecular weight excluding hydrogens is 796 g/mol. The molecule has 4 aromatic carbocycles. The molecule has 0 saturated heterocycles. The Balaban J connectivity index is 0.000000194. The summed E-state index contributed by atoms with van der Waals surface area (Å²) in [6.45, 7) is 0.817. The number of nitrogens with one attached hydrogen (secondary N) is 1. The molecule has 0 bridgehead atoms. The van der Waals surface area contributed by atoms with E-state index in [1.165, 1.54) is 4.90 Å². The number of ether oxygens (including phenoxy) is 4. The highest BCUT2D eigenvalue weighted by Gasteiger charge is 2.28. The average Bonchev–Trinajstić information content (AvgIpc) is 3.30. The third kappa shape index (κ3) is 8.58. The molecule has 2 aliphatic rings. The number of hydrogen-bond donors (Lipinski definition) is 1. The van der Waals surface area contributed by atoms with Crippen molar-refractivity contribution in [2.45, 2.75) is 13.1 Å². The van der Waals surface area contributed by atoms with Gasteiger partial charge in [-0.25, -0.2) is 4.99 Å².